The smallest absolute Gasteiger partial charge is 0.0972 e. The summed E-state index contributed by atoms with van der Waals surface area (Å²) < 4.78 is 11.0. The molecule has 0 aromatic heterocycles. The Kier molecular flexibility index (Phi) is 3.58. The van der Waals surface area contributed by atoms with Crippen molar-refractivity contribution in [3.8, 4) is 0 Å². The van der Waals surface area contributed by atoms with Gasteiger partial charge in [0.05, 0.1) is 12.2 Å². The standard InChI is InChI=1S/C15H22N2O2/c1-18-14-8-17(9-15(14)19-2)13-7-12(16)10-5-3-4-6-11(10)13/h3-6,12-15H,7-9,16H2,1-2H3. The predicted molar refractivity (Wildman–Crippen MR) is 73.9 cm³/mol. The van der Waals surface area contributed by atoms with Crippen molar-refractivity contribution in [1.82, 2.24) is 4.90 Å². The Balaban J connectivity index is 1.82. The van der Waals surface area contributed by atoms with Gasteiger partial charge in [0.25, 0.3) is 0 Å². The van der Waals surface area contributed by atoms with Crippen LogP contribution in [0.4, 0.5) is 0 Å². The summed E-state index contributed by atoms with van der Waals surface area (Å²) in [6, 6.07) is 9.09. The number of nitrogens with two attached hydrogens (primary N) is 1. The molecule has 1 aromatic rings. The summed E-state index contributed by atoms with van der Waals surface area (Å²) in [6.07, 6.45) is 1.31. The maximum atomic E-state index is 6.25. The van der Waals surface area contributed by atoms with Gasteiger partial charge in [-0.2, -0.15) is 0 Å². The minimum Gasteiger partial charge on any atom is -0.377 e. The van der Waals surface area contributed by atoms with Gasteiger partial charge in [0, 0.05) is 39.4 Å². The first-order valence-electron chi connectivity index (χ1n) is 6.88. The van der Waals surface area contributed by atoms with E-state index in [1.54, 1.807) is 14.2 Å². The first-order valence-corrected chi connectivity index (χ1v) is 6.88. The molecule has 0 spiro atoms. The lowest BCUT2D eigenvalue weighted by atomic mass is 10.1. The number of rotatable bonds is 3. The minimum absolute atomic E-state index is 0.156. The largest absolute Gasteiger partial charge is 0.377 e. The van der Waals surface area contributed by atoms with Crippen LogP contribution >= 0.6 is 0 Å². The molecule has 1 saturated heterocycles. The van der Waals surface area contributed by atoms with Gasteiger partial charge in [0.15, 0.2) is 0 Å². The topological polar surface area (TPSA) is 47.7 Å². The summed E-state index contributed by atoms with van der Waals surface area (Å²) >= 11 is 0. The van der Waals surface area contributed by atoms with Crippen molar-refractivity contribution in [2.45, 2.75) is 30.7 Å². The molecule has 0 bridgehead atoms. The van der Waals surface area contributed by atoms with Crippen molar-refractivity contribution in [1.29, 1.82) is 0 Å². The number of ether oxygens (including phenoxy) is 2. The maximum absolute atomic E-state index is 6.25. The zero-order chi connectivity index (χ0) is 13.4. The van der Waals surface area contributed by atoms with E-state index >= 15 is 0 Å². The fourth-order valence-corrected chi connectivity index (χ4v) is 3.47. The van der Waals surface area contributed by atoms with Crippen LogP contribution in [0.5, 0.6) is 0 Å². The first kappa shape index (κ1) is 13.1. The van der Waals surface area contributed by atoms with E-state index in [4.69, 9.17) is 15.2 Å². The number of fused-ring (bicyclic) bond motifs is 1. The van der Waals surface area contributed by atoms with E-state index in [9.17, 15) is 0 Å². The summed E-state index contributed by atoms with van der Waals surface area (Å²) in [5, 5.41) is 0. The van der Waals surface area contributed by atoms with Gasteiger partial charge in [-0.15, -0.1) is 0 Å². The Labute approximate surface area is 114 Å². The highest BCUT2D eigenvalue weighted by atomic mass is 16.5. The highest BCUT2D eigenvalue weighted by Crippen LogP contribution is 2.42. The summed E-state index contributed by atoms with van der Waals surface area (Å²) in [5.41, 5.74) is 8.92. The third-order valence-corrected chi connectivity index (χ3v) is 4.52. The molecule has 2 aliphatic rings. The fraction of sp³-hybridized carbons (Fsp3) is 0.600. The molecule has 1 heterocycles. The van der Waals surface area contributed by atoms with Crippen molar-refractivity contribution >= 4 is 0 Å². The van der Waals surface area contributed by atoms with Crippen LogP contribution in [0.15, 0.2) is 24.3 Å². The Morgan fingerprint density at radius 2 is 1.63 bits per heavy atom. The monoisotopic (exact) mass is 262 g/mol. The fourth-order valence-electron chi connectivity index (χ4n) is 3.47. The molecule has 4 atom stereocenters. The van der Waals surface area contributed by atoms with Gasteiger partial charge in [-0.25, -0.2) is 0 Å². The predicted octanol–water partition coefficient (Wildman–Crippen LogP) is 1.48. The molecule has 1 aliphatic heterocycles. The van der Waals surface area contributed by atoms with E-state index < -0.39 is 0 Å². The van der Waals surface area contributed by atoms with Crippen molar-refractivity contribution in [3.05, 3.63) is 35.4 Å². The number of hydrogen-bond acceptors (Lipinski definition) is 4. The van der Waals surface area contributed by atoms with Gasteiger partial charge in [-0.3, -0.25) is 4.90 Å². The number of benzene rings is 1. The molecule has 4 nitrogen and oxygen atoms in total. The van der Waals surface area contributed by atoms with Crippen molar-refractivity contribution < 1.29 is 9.47 Å². The summed E-state index contributed by atoms with van der Waals surface area (Å²) in [5.74, 6) is 0. The Hall–Kier alpha value is -0.940. The van der Waals surface area contributed by atoms with Gasteiger partial charge in [-0.05, 0) is 17.5 Å². The van der Waals surface area contributed by atoms with Crippen molar-refractivity contribution in [2.75, 3.05) is 27.3 Å². The van der Waals surface area contributed by atoms with Crippen LogP contribution in [0, 0.1) is 0 Å². The molecule has 4 unspecified atom stereocenters. The number of methoxy groups -OCH3 is 2. The van der Waals surface area contributed by atoms with E-state index in [0.717, 1.165) is 19.5 Å². The van der Waals surface area contributed by atoms with Crippen LogP contribution in [-0.2, 0) is 9.47 Å². The van der Waals surface area contributed by atoms with Crippen LogP contribution in [-0.4, -0.2) is 44.4 Å². The number of hydrogen-bond donors (Lipinski definition) is 1. The van der Waals surface area contributed by atoms with E-state index in [1.807, 2.05) is 0 Å². The zero-order valence-electron chi connectivity index (χ0n) is 11.6. The minimum atomic E-state index is 0.156. The Bertz CT molecular complexity index is 440. The van der Waals surface area contributed by atoms with Crippen LogP contribution in [0.2, 0.25) is 0 Å². The van der Waals surface area contributed by atoms with Crippen molar-refractivity contribution in [2.24, 2.45) is 5.73 Å². The number of likely N-dealkylation sites (tertiary alicyclic amines) is 1. The SMILES string of the molecule is COC1CN(C2CC(N)c3ccccc32)CC1OC. The average Bonchev–Trinajstić information content (AvgIpc) is 3.00. The molecule has 4 heteroatoms. The van der Waals surface area contributed by atoms with Gasteiger partial charge in [-0.1, -0.05) is 24.3 Å². The molecule has 3 rings (SSSR count). The summed E-state index contributed by atoms with van der Waals surface area (Å²) in [6.45, 7) is 1.83. The normalized spacial score (nSPS) is 34.7. The molecular weight excluding hydrogens is 240 g/mol. The van der Waals surface area contributed by atoms with E-state index in [0.29, 0.717) is 6.04 Å². The molecule has 0 saturated carbocycles. The van der Waals surface area contributed by atoms with Gasteiger partial charge >= 0.3 is 0 Å². The van der Waals surface area contributed by atoms with Gasteiger partial charge in [0.1, 0.15) is 0 Å². The molecule has 0 amide bonds. The molecular formula is C15H22N2O2. The summed E-state index contributed by atoms with van der Waals surface area (Å²) in [4.78, 5) is 2.45. The second-order valence-corrected chi connectivity index (χ2v) is 5.49. The Morgan fingerprint density at radius 1 is 1.05 bits per heavy atom. The Morgan fingerprint density at radius 3 is 2.21 bits per heavy atom. The van der Waals surface area contributed by atoms with Crippen LogP contribution in [0.1, 0.15) is 29.6 Å². The highest BCUT2D eigenvalue weighted by Gasteiger charge is 2.40. The van der Waals surface area contributed by atoms with Crippen LogP contribution in [0.3, 0.4) is 0 Å². The molecule has 19 heavy (non-hydrogen) atoms. The average molecular weight is 262 g/mol. The first-order chi connectivity index (χ1) is 9.24. The molecule has 0 radical (unpaired) electrons. The lowest BCUT2D eigenvalue weighted by Crippen LogP contribution is -2.27. The van der Waals surface area contributed by atoms with E-state index in [-0.39, 0.29) is 18.2 Å². The molecule has 104 valence electrons. The second kappa shape index (κ2) is 5.21. The lowest BCUT2D eigenvalue weighted by Gasteiger charge is -2.24. The molecule has 1 fully saturated rings. The van der Waals surface area contributed by atoms with Gasteiger partial charge < -0.3 is 15.2 Å². The number of nitrogens with zero attached hydrogens (tertiary/aromatic N) is 1. The van der Waals surface area contributed by atoms with E-state index in [1.165, 1.54) is 11.1 Å². The lowest BCUT2D eigenvalue weighted by molar-refractivity contribution is -0.00461. The second-order valence-electron chi connectivity index (χ2n) is 5.49. The molecule has 2 N–H and O–H groups in total. The van der Waals surface area contributed by atoms with Crippen LogP contribution in [0.25, 0.3) is 0 Å². The summed E-state index contributed by atoms with van der Waals surface area (Å²) in [7, 11) is 3.52. The van der Waals surface area contributed by atoms with Gasteiger partial charge in [0.2, 0.25) is 0 Å². The third-order valence-electron chi connectivity index (χ3n) is 4.52. The maximum Gasteiger partial charge on any atom is 0.0972 e. The third kappa shape index (κ3) is 2.19. The molecule has 1 aromatic carbocycles. The van der Waals surface area contributed by atoms with E-state index in [2.05, 4.69) is 29.2 Å². The quantitative estimate of drug-likeness (QED) is 0.896. The van der Waals surface area contributed by atoms with Crippen molar-refractivity contribution in [3.63, 3.8) is 0 Å². The highest BCUT2D eigenvalue weighted by molar-refractivity contribution is 5.37. The van der Waals surface area contributed by atoms with Crippen LogP contribution < -0.4 is 5.73 Å². The molecule has 1 aliphatic carbocycles. The zero-order valence-corrected chi connectivity index (χ0v) is 11.6.